The topological polar surface area (TPSA) is 42.0 Å². The summed E-state index contributed by atoms with van der Waals surface area (Å²) < 4.78 is 11.1. The molecule has 2 heterocycles. The summed E-state index contributed by atoms with van der Waals surface area (Å²) in [5.74, 6) is 1.28. The molecule has 2 fully saturated rings. The lowest BCUT2D eigenvalue weighted by Crippen LogP contribution is -2.44. The van der Waals surface area contributed by atoms with Gasteiger partial charge in [0, 0.05) is 31.1 Å². The number of hydrogen-bond donors (Lipinski definition) is 0. The molecule has 0 unspecified atom stereocenters. The lowest BCUT2D eigenvalue weighted by Gasteiger charge is -2.30. The second-order valence-electron chi connectivity index (χ2n) is 7.52. The Morgan fingerprint density at radius 3 is 2.63 bits per heavy atom. The second kappa shape index (κ2) is 7.71. The van der Waals surface area contributed by atoms with Crippen LogP contribution in [0.15, 0.2) is 48.5 Å². The predicted octanol–water partition coefficient (Wildman–Crippen LogP) is 2.76. The fourth-order valence-electron chi connectivity index (χ4n) is 4.03. The van der Waals surface area contributed by atoms with Gasteiger partial charge in [0.15, 0.2) is 0 Å². The maximum atomic E-state index is 13.2. The Bertz CT molecular complexity index is 823. The smallest absolute Gasteiger partial charge is 0.253 e. The molecular formula is C22H26N2O3. The molecule has 0 aliphatic carbocycles. The average Bonchev–Trinajstić information content (AvgIpc) is 2.96. The molecule has 2 aromatic carbocycles. The lowest BCUT2D eigenvalue weighted by molar-refractivity contribution is 0.0434. The van der Waals surface area contributed by atoms with Crippen LogP contribution in [0, 0.1) is 5.92 Å². The van der Waals surface area contributed by atoms with Gasteiger partial charge in [0.05, 0.1) is 26.4 Å². The zero-order valence-corrected chi connectivity index (χ0v) is 15.9. The van der Waals surface area contributed by atoms with E-state index in [0.29, 0.717) is 12.5 Å². The highest BCUT2D eigenvalue weighted by Gasteiger charge is 2.33. The third kappa shape index (κ3) is 3.84. The summed E-state index contributed by atoms with van der Waals surface area (Å²) in [6, 6.07) is 16.1. The first-order valence-corrected chi connectivity index (χ1v) is 9.46. The van der Waals surface area contributed by atoms with Gasteiger partial charge in [-0.05, 0) is 42.4 Å². The van der Waals surface area contributed by atoms with Crippen LogP contribution in [-0.4, -0.2) is 68.8 Å². The van der Waals surface area contributed by atoms with E-state index in [1.807, 2.05) is 53.4 Å². The van der Waals surface area contributed by atoms with E-state index in [9.17, 15) is 4.79 Å². The Labute approximate surface area is 160 Å². The summed E-state index contributed by atoms with van der Waals surface area (Å²) in [4.78, 5) is 17.6. The SMILES string of the molecule is COc1cccc(-c2cccc(C(=O)N3C[C@@H]4COC[C@H](C3)N(C)C4)c2)c1. The number of fused-ring (bicyclic) bond motifs is 3. The van der Waals surface area contributed by atoms with Gasteiger partial charge in [0.2, 0.25) is 0 Å². The molecule has 5 nitrogen and oxygen atoms in total. The number of hydrogen-bond acceptors (Lipinski definition) is 4. The number of rotatable bonds is 3. The summed E-state index contributed by atoms with van der Waals surface area (Å²) in [5, 5.41) is 0. The van der Waals surface area contributed by atoms with Crippen molar-refractivity contribution in [2.75, 3.05) is 47.0 Å². The number of nitrogens with zero attached hydrogens (tertiary/aromatic N) is 2. The highest BCUT2D eigenvalue weighted by atomic mass is 16.5. The van der Waals surface area contributed by atoms with E-state index >= 15 is 0 Å². The zero-order valence-electron chi connectivity index (χ0n) is 15.9. The third-order valence-electron chi connectivity index (χ3n) is 5.54. The molecule has 0 spiro atoms. The summed E-state index contributed by atoms with van der Waals surface area (Å²) in [6.45, 7) is 3.88. The molecule has 4 rings (SSSR count). The van der Waals surface area contributed by atoms with Gasteiger partial charge < -0.3 is 14.4 Å². The number of likely N-dealkylation sites (N-methyl/N-ethyl adjacent to an activating group) is 1. The van der Waals surface area contributed by atoms with Crippen molar-refractivity contribution in [1.82, 2.24) is 9.80 Å². The molecule has 27 heavy (non-hydrogen) atoms. The Kier molecular flexibility index (Phi) is 5.14. The van der Waals surface area contributed by atoms with Crippen LogP contribution in [-0.2, 0) is 4.74 Å². The predicted molar refractivity (Wildman–Crippen MR) is 105 cm³/mol. The maximum absolute atomic E-state index is 13.2. The number of carbonyl (C=O) groups excluding carboxylic acids is 1. The first-order chi connectivity index (χ1) is 13.1. The molecular weight excluding hydrogens is 340 g/mol. The molecule has 2 aromatic rings. The van der Waals surface area contributed by atoms with Crippen molar-refractivity contribution in [3.05, 3.63) is 54.1 Å². The fraction of sp³-hybridized carbons (Fsp3) is 0.409. The molecule has 2 aliphatic heterocycles. The highest BCUT2D eigenvalue weighted by Crippen LogP contribution is 2.26. The standard InChI is InChI=1S/C22H26N2O3/c1-23-11-16-12-24(13-20(23)15-27-14-16)22(25)19-7-3-5-17(9-19)18-6-4-8-21(10-18)26-2/h3-10,16,20H,11-15H2,1-2H3/t16-,20+/m1/s1. The van der Waals surface area contributed by atoms with Gasteiger partial charge in [-0.1, -0.05) is 24.3 Å². The van der Waals surface area contributed by atoms with Crippen molar-refractivity contribution < 1.29 is 14.3 Å². The summed E-state index contributed by atoms with van der Waals surface area (Å²) >= 11 is 0. The van der Waals surface area contributed by atoms with Crippen LogP contribution < -0.4 is 4.74 Å². The van der Waals surface area contributed by atoms with Crippen molar-refractivity contribution in [2.24, 2.45) is 5.92 Å². The fourth-order valence-corrected chi connectivity index (χ4v) is 4.03. The van der Waals surface area contributed by atoms with E-state index in [0.717, 1.165) is 48.7 Å². The van der Waals surface area contributed by atoms with E-state index in [1.165, 1.54) is 0 Å². The average molecular weight is 366 g/mol. The number of methoxy groups -OCH3 is 1. The Morgan fingerprint density at radius 2 is 1.81 bits per heavy atom. The minimum Gasteiger partial charge on any atom is -0.497 e. The van der Waals surface area contributed by atoms with Gasteiger partial charge in [-0.25, -0.2) is 0 Å². The monoisotopic (exact) mass is 366 g/mol. The van der Waals surface area contributed by atoms with Crippen LogP contribution in [0.5, 0.6) is 5.75 Å². The van der Waals surface area contributed by atoms with E-state index < -0.39 is 0 Å². The van der Waals surface area contributed by atoms with Gasteiger partial charge in [-0.2, -0.15) is 0 Å². The molecule has 0 N–H and O–H groups in total. The number of carbonyl (C=O) groups is 1. The molecule has 5 heteroatoms. The third-order valence-corrected chi connectivity index (χ3v) is 5.54. The van der Waals surface area contributed by atoms with E-state index in [-0.39, 0.29) is 11.9 Å². The van der Waals surface area contributed by atoms with E-state index in [4.69, 9.17) is 9.47 Å². The van der Waals surface area contributed by atoms with Gasteiger partial charge in [0.25, 0.3) is 5.91 Å². The molecule has 2 saturated heterocycles. The molecule has 2 aliphatic rings. The van der Waals surface area contributed by atoms with Crippen LogP contribution in [0.3, 0.4) is 0 Å². The lowest BCUT2D eigenvalue weighted by atomic mass is 10.0. The van der Waals surface area contributed by atoms with Crippen LogP contribution >= 0.6 is 0 Å². The van der Waals surface area contributed by atoms with Crippen LogP contribution in [0.1, 0.15) is 10.4 Å². The molecule has 2 atom stereocenters. The van der Waals surface area contributed by atoms with Crippen LogP contribution in [0.4, 0.5) is 0 Å². The van der Waals surface area contributed by atoms with Gasteiger partial charge in [-0.15, -0.1) is 0 Å². The number of benzene rings is 2. The van der Waals surface area contributed by atoms with E-state index in [1.54, 1.807) is 7.11 Å². The minimum atomic E-state index is 0.104. The normalized spacial score (nSPS) is 23.0. The first kappa shape index (κ1) is 18.0. The van der Waals surface area contributed by atoms with Gasteiger partial charge in [0.1, 0.15) is 5.75 Å². The zero-order chi connectivity index (χ0) is 18.8. The van der Waals surface area contributed by atoms with Crippen molar-refractivity contribution in [3.63, 3.8) is 0 Å². The number of ether oxygens (including phenoxy) is 2. The van der Waals surface area contributed by atoms with Gasteiger partial charge in [-0.3, -0.25) is 9.69 Å². The molecule has 0 radical (unpaired) electrons. The van der Waals surface area contributed by atoms with Crippen LogP contribution in [0.2, 0.25) is 0 Å². The van der Waals surface area contributed by atoms with E-state index in [2.05, 4.69) is 11.9 Å². The minimum absolute atomic E-state index is 0.104. The largest absolute Gasteiger partial charge is 0.497 e. The van der Waals surface area contributed by atoms with Crippen molar-refractivity contribution >= 4 is 5.91 Å². The van der Waals surface area contributed by atoms with Crippen molar-refractivity contribution in [3.8, 4) is 16.9 Å². The maximum Gasteiger partial charge on any atom is 0.253 e. The van der Waals surface area contributed by atoms with Crippen molar-refractivity contribution in [2.45, 2.75) is 6.04 Å². The Balaban J connectivity index is 1.59. The molecule has 0 saturated carbocycles. The Morgan fingerprint density at radius 1 is 1.04 bits per heavy atom. The van der Waals surface area contributed by atoms with Crippen LogP contribution in [0.25, 0.3) is 11.1 Å². The van der Waals surface area contributed by atoms with Crippen molar-refractivity contribution in [1.29, 1.82) is 0 Å². The Hall–Kier alpha value is -2.37. The highest BCUT2D eigenvalue weighted by molar-refractivity contribution is 5.95. The van der Waals surface area contributed by atoms with Gasteiger partial charge >= 0.3 is 0 Å². The first-order valence-electron chi connectivity index (χ1n) is 9.46. The summed E-state index contributed by atoms with van der Waals surface area (Å²) in [6.07, 6.45) is 0. The molecule has 2 bridgehead atoms. The summed E-state index contributed by atoms with van der Waals surface area (Å²) in [5.41, 5.74) is 2.80. The second-order valence-corrected chi connectivity index (χ2v) is 7.52. The molecule has 0 aromatic heterocycles. The molecule has 1 amide bonds. The summed E-state index contributed by atoms with van der Waals surface area (Å²) in [7, 11) is 3.79. The molecule has 142 valence electrons. The number of amides is 1. The quantitative estimate of drug-likeness (QED) is 0.838.